The monoisotopic (exact) mass is 243 g/mol. The molecule has 1 saturated carbocycles. The van der Waals surface area contributed by atoms with Crippen LogP contribution in [0.5, 0.6) is 0 Å². The number of carbonyl (C=O) groups is 1. The maximum Gasteiger partial charge on any atom is 0.320 e. The minimum atomic E-state index is -0.900. The number of hydrogen-bond acceptors (Lipinski definition) is 3. The first-order valence-electron chi connectivity index (χ1n) is 6.31. The number of aliphatic carboxylic acids is 1. The normalized spacial score (nSPS) is 24.6. The highest BCUT2D eigenvalue weighted by atomic mass is 16.4. The molecule has 0 saturated heterocycles. The molecule has 1 aliphatic carbocycles. The van der Waals surface area contributed by atoms with Crippen molar-refractivity contribution in [2.75, 3.05) is 0 Å². The highest BCUT2D eigenvalue weighted by molar-refractivity contribution is 5.72. The van der Waals surface area contributed by atoms with E-state index in [2.05, 4.69) is 6.58 Å². The van der Waals surface area contributed by atoms with Crippen LogP contribution in [0.4, 0.5) is 0 Å². The SMILES string of the molecule is C=C[C@@H]1CCC[C@H]1O.CCCC[C@H](N)C(=O)O. The van der Waals surface area contributed by atoms with Gasteiger partial charge in [-0.1, -0.05) is 32.3 Å². The molecule has 4 N–H and O–H groups in total. The smallest absolute Gasteiger partial charge is 0.320 e. The van der Waals surface area contributed by atoms with E-state index in [9.17, 15) is 4.79 Å². The number of nitrogens with two attached hydrogens (primary N) is 1. The molecule has 4 heteroatoms. The van der Waals surface area contributed by atoms with Crippen LogP contribution in [0.3, 0.4) is 0 Å². The minimum Gasteiger partial charge on any atom is -0.480 e. The number of unbranched alkanes of at least 4 members (excludes halogenated alkanes) is 1. The van der Waals surface area contributed by atoms with Crippen molar-refractivity contribution in [1.82, 2.24) is 0 Å². The van der Waals surface area contributed by atoms with Crippen molar-refractivity contribution in [3.8, 4) is 0 Å². The average Bonchev–Trinajstić information content (AvgIpc) is 2.72. The summed E-state index contributed by atoms with van der Waals surface area (Å²) < 4.78 is 0. The Balaban J connectivity index is 0.000000302. The van der Waals surface area contributed by atoms with Crippen LogP contribution in [0, 0.1) is 5.92 Å². The van der Waals surface area contributed by atoms with Gasteiger partial charge in [-0.05, 0) is 19.3 Å². The first-order valence-corrected chi connectivity index (χ1v) is 6.31. The van der Waals surface area contributed by atoms with Crippen LogP contribution in [-0.2, 0) is 4.79 Å². The van der Waals surface area contributed by atoms with Crippen molar-refractivity contribution in [3.05, 3.63) is 12.7 Å². The van der Waals surface area contributed by atoms with E-state index in [0.717, 1.165) is 32.1 Å². The Morgan fingerprint density at radius 2 is 2.24 bits per heavy atom. The third-order valence-corrected chi connectivity index (χ3v) is 3.02. The molecule has 100 valence electrons. The van der Waals surface area contributed by atoms with Crippen LogP contribution in [0.15, 0.2) is 12.7 Å². The first-order chi connectivity index (χ1) is 8.02. The van der Waals surface area contributed by atoms with Gasteiger partial charge in [-0.25, -0.2) is 0 Å². The Labute approximate surface area is 104 Å². The second kappa shape index (κ2) is 9.19. The molecule has 0 bridgehead atoms. The molecule has 0 amide bonds. The number of hydrogen-bond donors (Lipinski definition) is 3. The molecule has 0 heterocycles. The zero-order chi connectivity index (χ0) is 13.3. The van der Waals surface area contributed by atoms with E-state index in [0.29, 0.717) is 12.3 Å². The second-order valence-electron chi connectivity index (χ2n) is 4.48. The maximum atomic E-state index is 10.1. The molecular formula is C13H25NO3. The molecule has 1 aliphatic rings. The van der Waals surface area contributed by atoms with Crippen LogP contribution in [-0.4, -0.2) is 28.3 Å². The number of carboxylic acid groups (broad SMARTS) is 1. The van der Waals surface area contributed by atoms with Gasteiger partial charge in [0.2, 0.25) is 0 Å². The summed E-state index contributed by atoms with van der Waals surface area (Å²) >= 11 is 0. The van der Waals surface area contributed by atoms with Crippen molar-refractivity contribution in [2.45, 2.75) is 57.6 Å². The van der Waals surface area contributed by atoms with Gasteiger partial charge in [-0.2, -0.15) is 0 Å². The quantitative estimate of drug-likeness (QED) is 0.644. The lowest BCUT2D eigenvalue weighted by Gasteiger charge is -2.06. The lowest BCUT2D eigenvalue weighted by atomic mass is 10.1. The summed E-state index contributed by atoms with van der Waals surface area (Å²) in [6.07, 6.45) is 7.52. The molecule has 4 nitrogen and oxygen atoms in total. The molecule has 1 rings (SSSR count). The third kappa shape index (κ3) is 7.13. The average molecular weight is 243 g/mol. The van der Waals surface area contributed by atoms with E-state index in [-0.39, 0.29) is 6.10 Å². The Kier molecular flexibility index (Phi) is 8.72. The van der Waals surface area contributed by atoms with E-state index >= 15 is 0 Å². The third-order valence-electron chi connectivity index (χ3n) is 3.02. The molecule has 0 radical (unpaired) electrons. The van der Waals surface area contributed by atoms with Gasteiger partial charge in [0.25, 0.3) is 0 Å². The van der Waals surface area contributed by atoms with Gasteiger partial charge in [0.05, 0.1) is 6.10 Å². The summed E-state index contributed by atoms with van der Waals surface area (Å²) in [4.78, 5) is 10.1. The Morgan fingerprint density at radius 1 is 1.59 bits per heavy atom. The zero-order valence-corrected chi connectivity index (χ0v) is 10.6. The number of aliphatic hydroxyl groups is 1. The van der Waals surface area contributed by atoms with E-state index in [1.54, 1.807) is 0 Å². The number of rotatable bonds is 5. The highest BCUT2D eigenvalue weighted by Crippen LogP contribution is 2.25. The van der Waals surface area contributed by atoms with Gasteiger partial charge in [0.15, 0.2) is 0 Å². The van der Waals surface area contributed by atoms with Crippen molar-refractivity contribution in [1.29, 1.82) is 0 Å². The predicted octanol–water partition coefficient (Wildman–Crippen LogP) is 1.92. The largest absolute Gasteiger partial charge is 0.480 e. The topological polar surface area (TPSA) is 83.5 Å². The Hall–Kier alpha value is -0.870. The summed E-state index contributed by atoms with van der Waals surface area (Å²) in [7, 11) is 0. The fraction of sp³-hybridized carbons (Fsp3) is 0.769. The van der Waals surface area contributed by atoms with Crippen LogP contribution in [0.1, 0.15) is 45.4 Å². The second-order valence-corrected chi connectivity index (χ2v) is 4.48. The molecule has 0 aromatic carbocycles. The van der Waals surface area contributed by atoms with E-state index in [1.807, 2.05) is 13.0 Å². The van der Waals surface area contributed by atoms with Gasteiger partial charge < -0.3 is 15.9 Å². The molecule has 0 aromatic heterocycles. The van der Waals surface area contributed by atoms with Gasteiger partial charge in [0.1, 0.15) is 6.04 Å². The van der Waals surface area contributed by atoms with Crippen molar-refractivity contribution < 1.29 is 15.0 Å². The summed E-state index contributed by atoms with van der Waals surface area (Å²) in [5, 5.41) is 17.4. The lowest BCUT2D eigenvalue weighted by molar-refractivity contribution is -0.138. The van der Waals surface area contributed by atoms with Gasteiger partial charge in [-0.15, -0.1) is 6.58 Å². The maximum absolute atomic E-state index is 10.1. The predicted molar refractivity (Wildman–Crippen MR) is 68.7 cm³/mol. The number of carboxylic acids is 1. The van der Waals surface area contributed by atoms with Crippen LogP contribution < -0.4 is 5.73 Å². The van der Waals surface area contributed by atoms with Crippen molar-refractivity contribution >= 4 is 5.97 Å². The summed E-state index contributed by atoms with van der Waals surface area (Å²) in [6, 6.07) is -0.662. The van der Waals surface area contributed by atoms with Crippen molar-refractivity contribution in [2.24, 2.45) is 11.7 Å². The van der Waals surface area contributed by atoms with E-state index < -0.39 is 12.0 Å². The van der Waals surface area contributed by atoms with Crippen LogP contribution >= 0.6 is 0 Å². The summed E-state index contributed by atoms with van der Waals surface area (Å²) in [5.41, 5.74) is 5.20. The van der Waals surface area contributed by atoms with E-state index in [4.69, 9.17) is 15.9 Å². The van der Waals surface area contributed by atoms with E-state index in [1.165, 1.54) is 0 Å². The molecular weight excluding hydrogens is 218 g/mol. The lowest BCUT2D eigenvalue weighted by Crippen LogP contribution is -2.29. The molecule has 0 aliphatic heterocycles. The Morgan fingerprint density at radius 3 is 2.53 bits per heavy atom. The number of aliphatic hydroxyl groups excluding tert-OH is 1. The molecule has 0 unspecified atom stereocenters. The first kappa shape index (κ1) is 16.1. The fourth-order valence-corrected chi connectivity index (χ4v) is 1.79. The van der Waals surface area contributed by atoms with Gasteiger partial charge >= 0.3 is 5.97 Å². The van der Waals surface area contributed by atoms with Crippen molar-refractivity contribution in [3.63, 3.8) is 0 Å². The van der Waals surface area contributed by atoms with Gasteiger partial charge in [-0.3, -0.25) is 4.79 Å². The van der Waals surface area contributed by atoms with Crippen LogP contribution in [0.25, 0.3) is 0 Å². The molecule has 3 atom stereocenters. The zero-order valence-electron chi connectivity index (χ0n) is 10.6. The highest BCUT2D eigenvalue weighted by Gasteiger charge is 2.21. The standard InChI is InChI=1S/C7H12O.C6H13NO2/c1-2-6-4-3-5-7(6)8;1-2-3-4-5(7)6(8)9/h2,6-8H,1,3-5H2;5H,2-4,7H2,1H3,(H,8,9)/t6-,7-;5-/m10/s1. The molecule has 17 heavy (non-hydrogen) atoms. The summed E-state index contributed by atoms with van der Waals surface area (Å²) in [5.74, 6) is -0.515. The summed E-state index contributed by atoms with van der Waals surface area (Å²) in [6.45, 7) is 5.64. The van der Waals surface area contributed by atoms with Crippen LogP contribution in [0.2, 0.25) is 0 Å². The van der Waals surface area contributed by atoms with Gasteiger partial charge in [0, 0.05) is 5.92 Å². The minimum absolute atomic E-state index is 0.0903. The molecule has 0 spiro atoms. The molecule has 1 fully saturated rings. The fourth-order valence-electron chi connectivity index (χ4n) is 1.79. The Bertz CT molecular complexity index is 231. The molecule has 0 aromatic rings.